The van der Waals surface area contributed by atoms with E-state index in [0.29, 0.717) is 19.8 Å². The van der Waals surface area contributed by atoms with Crippen molar-refractivity contribution in [2.24, 2.45) is 0 Å². The van der Waals surface area contributed by atoms with Crippen molar-refractivity contribution in [3.8, 4) is 0 Å². The van der Waals surface area contributed by atoms with Crippen LogP contribution in [0, 0.1) is 0 Å². The van der Waals surface area contributed by atoms with E-state index in [1.807, 2.05) is 36.5 Å². The van der Waals surface area contributed by atoms with Crippen LogP contribution in [-0.2, 0) is 14.3 Å². The van der Waals surface area contributed by atoms with Crippen LogP contribution in [0.3, 0.4) is 0 Å². The van der Waals surface area contributed by atoms with Crippen molar-refractivity contribution in [3.05, 3.63) is 83.9 Å². The molecule has 2 aromatic carbocycles. The average Bonchev–Trinajstić information content (AvgIpc) is 3.14. The van der Waals surface area contributed by atoms with Gasteiger partial charge in [0.1, 0.15) is 19.5 Å². The number of fused-ring (bicyclic) bond motifs is 1. The van der Waals surface area contributed by atoms with Crippen LogP contribution in [0.2, 0.25) is 0 Å². The van der Waals surface area contributed by atoms with Crippen molar-refractivity contribution in [2.45, 2.75) is 5.92 Å². The molecule has 132 valence electrons. The first-order valence-corrected chi connectivity index (χ1v) is 8.66. The minimum absolute atomic E-state index is 0.0291. The van der Waals surface area contributed by atoms with Gasteiger partial charge in [-0.1, -0.05) is 48.5 Å². The maximum absolute atomic E-state index is 12.4. The van der Waals surface area contributed by atoms with Gasteiger partial charge in [-0.05, 0) is 17.2 Å². The quantitative estimate of drug-likeness (QED) is 0.744. The molecule has 1 aliphatic rings. The Hall–Kier alpha value is -3.21. The molecular formula is C21H20N2O3. The minimum atomic E-state index is -0.259. The normalized spacial score (nSPS) is 14.8. The molecule has 1 atom stereocenters. The molecule has 2 N–H and O–H groups in total. The molecule has 0 spiro atoms. The van der Waals surface area contributed by atoms with E-state index in [4.69, 9.17) is 9.47 Å². The van der Waals surface area contributed by atoms with E-state index < -0.39 is 0 Å². The van der Waals surface area contributed by atoms with Gasteiger partial charge in [0, 0.05) is 29.6 Å². The number of hydrogen-bond acceptors (Lipinski definition) is 3. The standard InChI is InChI=1S/C21H20N2O3/c24-21(20-14-25-10-11-26-20)23-12-17(15-6-2-1-3-7-15)18-13-22-19-9-5-4-8-16(18)19/h1-9,13-14,17,22H,10-12H2,(H,23,24)/t17-/m1/s1. The highest BCUT2D eigenvalue weighted by Gasteiger charge is 2.21. The zero-order valence-corrected chi connectivity index (χ0v) is 14.3. The van der Waals surface area contributed by atoms with Crippen molar-refractivity contribution < 1.29 is 14.3 Å². The van der Waals surface area contributed by atoms with E-state index in [-0.39, 0.29) is 17.6 Å². The highest BCUT2D eigenvalue weighted by molar-refractivity contribution is 5.91. The van der Waals surface area contributed by atoms with E-state index in [0.717, 1.165) is 22.0 Å². The van der Waals surface area contributed by atoms with E-state index in [9.17, 15) is 4.79 Å². The smallest absolute Gasteiger partial charge is 0.289 e. The van der Waals surface area contributed by atoms with E-state index in [1.54, 1.807) is 0 Å². The summed E-state index contributed by atoms with van der Waals surface area (Å²) in [7, 11) is 0. The lowest BCUT2D eigenvalue weighted by atomic mass is 9.91. The molecule has 5 nitrogen and oxygen atoms in total. The number of nitrogens with one attached hydrogen (secondary N) is 2. The summed E-state index contributed by atoms with van der Waals surface area (Å²) in [5, 5.41) is 4.14. The van der Waals surface area contributed by atoms with Gasteiger partial charge in [-0.15, -0.1) is 0 Å². The van der Waals surface area contributed by atoms with Crippen LogP contribution < -0.4 is 5.32 Å². The van der Waals surface area contributed by atoms with E-state index in [2.05, 4.69) is 34.6 Å². The first kappa shape index (κ1) is 16.3. The van der Waals surface area contributed by atoms with E-state index >= 15 is 0 Å². The van der Waals surface area contributed by atoms with Gasteiger partial charge in [0.25, 0.3) is 5.91 Å². The highest BCUT2D eigenvalue weighted by atomic mass is 16.6. The van der Waals surface area contributed by atoms with Crippen molar-refractivity contribution in [1.29, 1.82) is 0 Å². The number of para-hydroxylation sites is 1. The molecule has 1 amide bonds. The summed E-state index contributed by atoms with van der Waals surface area (Å²) in [4.78, 5) is 15.7. The predicted molar refractivity (Wildman–Crippen MR) is 99.6 cm³/mol. The number of aromatic amines is 1. The molecule has 5 heteroatoms. The molecule has 0 aliphatic carbocycles. The Labute approximate surface area is 151 Å². The fourth-order valence-corrected chi connectivity index (χ4v) is 3.24. The Bertz CT molecular complexity index is 931. The Morgan fingerprint density at radius 3 is 2.69 bits per heavy atom. The predicted octanol–water partition coefficient (Wildman–Crippen LogP) is 3.30. The van der Waals surface area contributed by atoms with Crippen LogP contribution in [0.4, 0.5) is 0 Å². The number of hydrogen-bond donors (Lipinski definition) is 2. The second kappa shape index (κ2) is 7.35. The lowest BCUT2D eigenvalue weighted by molar-refractivity contribution is -0.122. The minimum Gasteiger partial charge on any atom is -0.494 e. The summed E-state index contributed by atoms with van der Waals surface area (Å²) in [6.45, 7) is 1.33. The fourth-order valence-electron chi connectivity index (χ4n) is 3.24. The first-order valence-electron chi connectivity index (χ1n) is 8.66. The van der Waals surface area contributed by atoms with Gasteiger partial charge in [-0.2, -0.15) is 0 Å². The van der Waals surface area contributed by atoms with Gasteiger partial charge in [0.05, 0.1) is 0 Å². The SMILES string of the molecule is O=C(NC[C@H](c1ccccc1)c1c[nH]c2ccccc12)C1=COCCO1. The summed E-state index contributed by atoms with van der Waals surface area (Å²) in [5.41, 5.74) is 3.38. The Morgan fingerprint density at radius 1 is 1.08 bits per heavy atom. The number of amides is 1. The fraction of sp³-hybridized carbons (Fsp3) is 0.190. The van der Waals surface area contributed by atoms with Gasteiger partial charge in [0.15, 0.2) is 0 Å². The number of carbonyl (C=O) groups is 1. The Morgan fingerprint density at radius 2 is 1.88 bits per heavy atom. The zero-order valence-electron chi connectivity index (χ0n) is 14.3. The Kier molecular flexibility index (Phi) is 4.60. The topological polar surface area (TPSA) is 63.4 Å². The van der Waals surface area contributed by atoms with Crippen LogP contribution in [0.25, 0.3) is 10.9 Å². The maximum atomic E-state index is 12.4. The summed E-state index contributed by atoms with van der Waals surface area (Å²) in [6, 6.07) is 18.4. The second-order valence-electron chi connectivity index (χ2n) is 6.16. The van der Waals surface area contributed by atoms with Crippen molar-refractivity contribution in [1.82, 2.24) is 10.3 Å². The van der Waals surface area contributed by atoms with Crippen LogP contribution in [-0.4, -0.2) is 30.6 Å². The van der Waals surface area contributed by atoms with Crippen LogP contribution in [0.1, 0.15) is 17.0 Å². The van der Waals surface area contributed by atoms with Crippen LogP contribution in [0.5, 0.6) is 0 Å². The summed E-state index contributed by atoms with van der Waals surface area (Å²) >= 11 is 0. The van der Waals surface area contributed by atoms with Crippen molar-refractivity contribution in [2.75, 3.05) is 19.8 Å². The molecular weight excluding hydrogens is 328 g/mol. The average molecular weight is 348 g/mol. The van der Waals surface area contributed by atoms with Crippen LogP contribution >= 0.6 is 0 Å². The first-order chi connectivity index (χ1) is 12.8. The molecule has 0 radical (unpaired) electrons. The number of ether oxygens (including phenoxy) is 2. The molecule has 26 heavy (non-hydrogen) atoms. The summed E-state index contributed by atoms with van der Waals surface area (Å²) < 4.78 is 10.5. The summed E-state index contributed by atoms with van der Waals surface area (Å²) in [5.74, 6) is -0.00568. The van der Waals surface area contributed by atoms with Gasteiger partial charge >= 0.3 is 0 Å². The molecule has 2 heterocycles. The third kappa shape index (κ3) is 3.28. The maximum Gasteiger partial charge on any atom is 0.289 e. The highest BCUT2D eigenvalue weighted by Crippen LogP contribution is 2.30. The summed E-state index contributed by atoms with van der Waals surface area (Å²) in [6.07, 6.45) is 3.40. The lowest BCUT2D eigenvalue weighted by Crippen LogP contribution is -2.32. The van der Waals surface area contributed by atoms with Gasteiger partial charge in [-0.3, -0.25) is 4.79 Å². The van der Waals surface area contributed by atoms with Crippen molar-refractivity contribution in [3.63, 3.8) is 0 Å². The number of H-pyrrole nitrogens is 1. The van der Waals surface area contributed by atoms with Gasteiger partial charge in [0.2, 0.25) is 5.76 Å². The van der Waals surface area contributed by atoms with E-state index in [1.165, 1.54) is 6.26 Å². The molecule has 0 unspecified atom stereocenters. The molecule has 1 aliphatic heterocycles. The third-order valence-corrected chi connectivity index (χ3v) is 4.54. The lowest BCUT2D eigenvalue weighted by Gasteiger charge is -2.20. The second-order valence-corrected chi connectivity index (χ2v) is 6.16. The largest absolute Gasteiger partial charge is 0.494 e. The molecule has 0 fully saturated rings. The monoisotopic (exact) mass is 348 g/mol. The molecule has 1 aromatic heterocycles. The third-order valence-electron chi connectivity index (χ3n) is 4.54. The number of carbonyl (C=O) groups excluding carboxylic acids is 1. The van der Waals surface area contributed by atoms with Crippen LogP contribution in [0.15, 0.2) is 72.8 Å². The van der Waals surface area contributed by atoms with Gasteiger partial charge < -0.3 is 19.8 Å². The zero-order chi connectivity index (χ0) is 17.8. The van der Waals surface area contributed by atoms with Gasteiger partial charge in [-0.25, -0.2) is 0 Å². The Balaban J connectivity index is 1.62. The molecule has 4 rings (SSSR count). The molecule has 0 saturated carbocycles. The number of benzene rings is 2. The molecule has 0 saturated heterocycles. The number of rotatable bonds is 5. The number of aromatic nitrogens is 1. The van der Waals surface area contributed by atoms with Crippen molar-refractivity contribution >= 4 is 16.8 Å². The molecule has 3 aromatic rings. The molecule has 0 bridgehead atoms.